The van der Waals surface area contributed by atoms with Gasteiger partial charge in [0.1, 0.15) is 5.75 Å². The molecule has 1 amide bonds. The van der Waals surface area contributed by atoms with E-state index in [1.54, 1.807) is 25.1 Å². The van der Waals surface area contributed by atoms with E-state index in [1.165, 1.54) is 7.11 Å². The third-order valence-electron chi connectivity index (χ3n) is 4.33. The molecule has 0 fully saturated rings. The van der Waals surface area contributed by atoms with Gasteiger partial charge >= 0.3 is 0 Å². The maximum absolute atomic E-state index is 12.5. The van der Waals surface area contributed by atoms with Crippen molar-refractivity contribution in [2.75, 3.05) is 29.4 Å². The molecular weight excluding hydrogens is 330 g/mol. The minimum Gasteiger partial charge on any atom is -0.494 e. The monoisotopic (exact) mass is 357 g/mol. The first-order chi connectivity index (χ1) is 11.3. The molecule has 0 bridgehead atoms. The highest BCUT2D eigenvalue weighted by atomic mass is 32.2. The minimum absolute atomic E-state index is 0.0410. The molecule has 1 aromatic carbocycles. The number of nitrogens with two attached hydrogens (primary N) is 1. The lowest BCUT2D eigenvalue weighted by Gasteiger charge is -2.28. The summed E-state index contributed by atoms with van der Waals surface area (Å²) in [4.78, 5) is 12.5. The summed E-state index contributed by atoms with van der Waals surface area (Å²) in [5.74, 6) is 0.135. The van der Waals surface area contributed by atoms with Gasteiger partial charge in [0.25, 0.3) is 0 Å². The number of hydrogen-bond donors (Lipinski definition) is 3. The first kappa shape index (κ1) is 20.2. The minimum atomic E-state index is -3.41. The van der Waals surface area contributed by atoms with Crippen LogP contribution in [0.1, 0.15) is 33.6 Å². The van der Waals surface area contributed by atoms with Crippen molar-refractivity contribution in [2.45, 2.75) is 33.6 Å². The summed E-state index contributed by atoms with van der Waals surface area (Å²) >= 11 is 0. The molecule has 0 saturated heterocycles. The van der Waals surface area contributed by atoms with Gasteiger partial charge in [-0.05, 0) is 31.9 Å². The number of rotatable bonds is 9. The Morgan fingerprint density at radius 2 is 1.88 bits per heavy atom. The topological polar surface area (TPSA) is 111 Å². The number of methoxy groups -OCH3 is 1. The van der Waals surface area contributed by atoms with Gasteiger partial charge < -0.3 is 15.8 Å². The zero-order chi connectivity index (χ0) is 18.4. The van der Waals surface area contributed by atoms with Gasteiger partial charge in [0.15, 0.2) is 0 Å². The number of hydrogen-bond acceptors (Lipinski definition) is 5. The molecule has 1 rings (SSSR count). The molecule has 0 radical (unpaired) electrons. The molecule has 0 spiro atoms. The van der Waals surface area contributed by atoms with Gasteiger partial charge in [-0.3, -0.25) is 9.52 Å². The van der Waals surface area contributed by atoms with Crippen LogP contribution in [0.25, 0.3) is 0 Å². The van der Waals surface area contributed by atoms with Crippen molar-refractivity contribution in [1.82, 2.24) is 0 Å². The molecule has 24 heavy (non-hydrogen) atoms. The second-order valence-electron chi connectivity index (χ2n) is 5.57. The third kappa shape index (κ3) is 4.61. The largest absolute Gasteiger partial charge is 0.494 e. The van der Waals surface area contributed by atoms with Crippen LogP contribution in [-0.4, -0.2) is 33.7 Å². The van der Waals surface area contributed by atoms with Gasteiger partial charge in [-0.25, -0.2) is 8.42 Å². The van der Waals surface area contributed by atoms with Crippen LogP contribution in [0.3, 0.4) is 0 Å². The van der Waals surface area contributed by atoms with Gasteiger partial charge in [0.05, 0.1) is 24.0 Å². The Morgan fingerprint density at radius 1 is 1.25 bits per heavy atom. The molecule has 0 aliphatic carbocycles. The average Bonchev–Trinajstić information content (AvgIpc) is 2.58. The lowest BCUT2D eigenvalue weighted by molar-refractivity contribution is -0.125. The molecule has 0 aliphatic rings. The molecule has 7 nitrogen and oxygen atoms in total. The molecule has 0 aromatic heterocycles. The SMILES string of the molecule is CCC(CC)(CN)C(=O)Nc1ccc(NS(=O)(=O)CC)c(OC)c1. The summed E-state index contributed by atoms with van der Waals surface area (Å²) in [5, 5.41) is 2.84. The molecule has 136 valence electrons. The van der Waals surface area contributed by atoms with Crippen molar-refractivity contribution in [3.8, 4) is 5.75 Å². The number of amides is 1. The molecule has 0 unspecified atom stereocenters. The molecule has 0 atom stereocenters. The van der Waals surface area contributed by atoms with Crippen LogP contribution in [0.2, 0.25) is 0 Å². The number of ether oxygens (including phenoxy) is 1. The predicted octanol–water partition coefficient (Wildman–Crippen LogP) is 2.16. The van der Waals surface area contributed by atoms with E-state index in [-0.39, 0.29) is 18.2 Å². The van der Waals surface area contributed by atoms with Crippen molar-refractivity contribution in [3.63, 3.8) is 0 Å². The molecule has 0 saturated carbocycles. The van der Waals surface area contributed by atoms with Crippen molar-refractivity contribution in [1.29, 1.82) is 0 Å². The van der Waals surface area contributed by atoms with E-state index in [2.05, 4.69) is 10.0 Å². The quantitative estimate of drug-likeness (QED) is 0.627. The summed E-state index contributed by atoms with van der Waals surface area (Å²) in [6.07, 6.45) is 1.27. The van der Waals surface area contributed by atoms with Crippen LogP contribution in [0, 0.1) is 5.41 Å². The van der Waals surface area contributed by atoms with Crippen LogP contribution in [0.5, 0.6) is 5.75 Å². The van der Waals surface area contributed by atoms with Crippen LogP contribution in [-0.2, 0) is 14.8 Å². The Labute approximate surface area is 144 Å². The predicted molar refractivity (Wildman–Crippen MR) is 96.8 cm³/mol. The Kier molecular flexibility index (Phi) is 7.04. The standard InChI is InChI=1S/C16H27N3O4S/c1-5-16(6-2,11-17)15(20)18-12-8-9-13(14(10-12)23-4)19-24(21,22)7-3/h8-10,19H,5-7,11,17H2,1-4H3,(H,18,20). The fraction of sp³-hybridized carbons (Fsp3) is 0.562. The van der Waals surface area contributed by atoms with Gasteiger partial charge in [0, 0.05) is 18.3 Å². The van der Waals surface area contributed by atoms with Crippen molar-refractivity contribution >= 4 is 27.3 Å². The number of benzene rings is 1. The van der Waals surface area contributed by atoms with Crippen LogP contribution in [0.4, 0.5) is 11.4 Å². The second kappa shape index (κ2) is 8.34. The van der Waals surface area contributed by atoms with Crippen molar-refractivity contribution in [2.24, 2.45) is 11.1 Å². The van der Waals surface area contributed by atoms with Crippen LogP contribution in [0.15, 0.2) is 18.2 Å². The zero-order valence-electron chi connectivity index (χ0n) is 14.7. The summed E-state index contributed by atoms with van der Waals surface area (Å²) in [7, 11) is -1.97. The number of carbonyl (C=O) groups is 1. The highest BCUT2D eigenvalue weighted by Crippen LogP contribution is 2.31. The summed E-state index contributed by atoms with van der Waals surface area (Å²) in [6.45, 7) is 5.67. The first-order valence-corrected chi connectivity index (χ1v) is 9.62. The number of sulfonamides is 1. The summed E-state index contributed by atoms with van der Waals surface area (Å²) < 4.78 is 31.1. The van der Waals surface area contributed by atoms with E-state index < -0.39 is 15.4 Å². The second-order valence-corrected chi connectivity index (χ2v) is 7.58. The fourth-order valence-electron chi connectivity index (χ4n) is 2.31. The van der Waals surface area contributed by atoms with E-state index in [9.17, 15) is 13.2 Å². The van der Waals surface area contributed by atoms with Gasteiger partial charge in [-0.15, -0.1) is 0 Å². The Bertz CT molecular complexity index is 662. The van der Waals surface area contributed by atoms with Crippen molar-refractivity contribution in [3.05, 3.63) is 18.2 Å². The van der Waals surface area contributed by atoms with Crippen molar-refractivity contribution < 1.29 is 17.9 Å². The van der Waals surface area contributed by atoms with Gasteiger partial charge in [-0.1, -0.05) is 13.8 Å². The Morgan fingerprint density at radius 3 is 2.33 bits per heavy atom. The smallest absolute Gasteiger partial charge is 0.232 e. The molecule has 4 N–H and O–H groups in total. The molecule has 0 aliphatic heterocycles. The van der Waals surface area contributed by atoms with E-state index in [0.29, 0.717) is 30.0 Å². The van der Waals surface area contributed by atoms with Gasteiger partial charge in [0.2, 0.25) is 15.9 Å². The normalized spacial score (nSPS) is 11.9. The Hall–Kier alpha value is -1.80. The highest BCUT2D eigenvalue weighted by molar-refractivity contribution is 7.92. The lowest BCUT2D eigenvalue weighted by atomic mass is 9.81. The van der Waals surface area contributed by atoms with Gasteiger partial charge in [-0.2, -0.15) is 0 Å². The molecule has 1 aromatic rings. The fourth-order valence-corrected chi connectivity index (χ4v) is 2.96. The van der Waals surface area contributed by atoms with Crippen LogP contribution < -0.4 is 20.5 Å². The van der Waals surface area contributed by atoms with E-state index in [0.717, 1.165) is 0 Å². The maximum Gasteiger partial charge on any atom is 0.232 e. The third-order valence-corrected chi connectivity index (χ3v) is 5.62. The average molecular weight is 357 g/mol. The number of anilines is 2. The number of nitrogens with one attached hydrogen (secondary N) is 2. The Balaban J connectivity index is 3.05. The van der Waals surface area contributed by atoms with E-state index >= 15 is 0 Å². The molecular formula is C16H27N3O4S. The maximum atomic E-state index is 12.5. The highest BCUT2D eigenvalue weighted by Gasteiger charge is 2.33. The van der Waals surface area contributed by atoms with Crippen LogP contribution >= 0.6 is 0 Å². The van der Waals surface area contributed by atoms with E-state index in [1.807, 2.05) is 13.8 Å². The zero-order valence-corrected chi connectivity index (χ0v) is 15.5. The first-order valence-electron chi connectivity index (χ1n) is 7.97. The number of carbonyl (C=O) groups excluding carboxylic acids is 1. The lowest BCUT2D eigenvalue weighted by Crippen LogP contribution is -2.41. The summed E-state index contributed by atoms with van der Waals surface area (Å²) in [6, 6.07) is 4.77. The molecule has 0 heterocycles. The summed E-state index contributed by atoms with van der Waals surface area (Å²) in [5.41, 5.74) is 6.02. The van der Waals surface area contributed by atoms with E-state index in [4.69, 9.17) is 10.5 Å². The molecule has 8 heteroatoms.